The highest BCUT2D eigenvalue weighted by atomic mass is 19.3. The van der Waals surface area contributed by atoms with Crippen LogP contribution in [0.3, 0.4) is 0 Å². The average molecular weight is 426 g/mol. The highest BCUT2D eigenvalue weighted by molar-refractivity contribution is 5.93. The van der Waals surface area contributed by atoms with Gasteiger partial charge in [0, 0.05) is 29.3 Å². The van der Waals surface area contributed by atoms with Gasteiger partial charge in [-0.2, -0.15) is 8.78 Å². The molecule has 0 aliphatic carbocycles. The van der Waals surface area contributed by atoms with E-state index in [1.54, 1.807) is 24.5 Å². The quantitative estimate of drug-likeness (QED) is 0.550. The van der Waals surface area contributed by atoms with Crippen LogP contribution in [0.15, 0.2) is 71.3 Å². The molecule has 0 bridgehead atoms. The number of halogens is 2. The maximum atomic E-state index is 12.7. The Labute approximate surface area is 179 Å². The summed E-state index contributed by atoms with van der Waals surface area (Å²) in [6, 6.07) is 18.1. The van der Waals surface area contributed by atoms with Crippen LogP contribution in [-0.2, 0) is 11.3 Å². The van der Waals surface area contributed by atoms with Crippen molar-refractivity contribution in [2.24, 2.45) is 5.92 Å². The maximum Gasteiger partial charge on any atom is 0.387 e. The van der Waals surface area contributed by atoms with Crippen molar-refractivity contribution >= 4 is 11.6 Å². The summed E-state index contributed by atoms with van der Waals surface area (Å²) >= 11 is 0. The third-order valence-corrected chi connectivity index (χ3v) is 5.48. The van der Waals surface area contributed by atoms with E-state index in [0.717, 1.165) is 22.6 Å². The molecule has 1 fully saturated rings. The Morgan fingerprint density at radius 3 is 2.65 bits per heavy atom. The summed E-state index contributed by atoms with van der Waals surface area (Å²) in [7, 11) is 0. The highest BCUT2D eigenvalue weighted by Crippen LogP contribution is 2.27. The first-order chi connectivity index (χ1) is 15.1. The first kappa shape index (κ1) is 21.1. The number of rotatable bonds is 7. The lowest BCUT2D eigenvalue weighted by atomic mass is 9.95. The van der Waals surface area contributed by atoms with Crippen LogP contribution in [0.1, 0.15) is 18.4 Å². The van der Waals surface area contributed by atoms with Crippen molar-refractivity contribution in [2.75, 3.05) is 18.4 Å². The third-order valence-electron chi connectivity index (χ3n) is 5.48. The first-order valence-electron chi connectivity index (χ1n) is 10.3. The number of carbonyl (C=O) groups is 1. The van der Waals surface area contributed by atoms with Crippen LogP contribution >= 0.6 is 0 Å². The van der Waals surface area contributed by atoms with Crippen LogP contribution < -0.4 is 10.1 Å². The van der Waals surface area contributed by atoms with E-state index < -0.39 is 6.61 Å². The Bertz CT molecular complexity index is 1000. The SMILES string of the molecule is O=C(Nc1cccc(-c2ccco2)c1)C1CCN(Cc2ccccc2OC(F)F)CC1. The number of ether oxygens (including phenoxy) is 1. The zero-order chi connectivity index (χ0) is 21.6. The topological polar surface area (TPSA) is 54.7 Å². The summed E-state index contributed by atoms with van der Waals surface area (Å²) in [5.41, 5.74) is 2.36. The second-order valence-corrected chi connectivity index (χ2v) is 7.58. The van der Waals surface area contributed by atoms with E-state index in [-0.39, 0.29) is 17.6 Å². The minimum atomic E-state index is -2.85. The molecular weight excluding hydrogens is 402 g/mol. The molecule has 1 N–H and O–H groups in total. The van der Waals surface area contributed by atoms with Gasteiger partial charge in [0.05, 0.1) is 6.26 Å². The van der Waals surface area contributed by atoms with E-state index in [9.17, 15) is 13.6 Å². The Morgan fingerprint density at radius 1 is 1.10 bits per heavy atom. The third kappa shape index (κ3) is 5.49. The zero-order valence-electron chi connectivity index (χ0n) is 17.0. The molecule has 1 aliphatic rings. The molecule has 4 rings (SSSR count). The number of amides is 1. The van der Waals surface area contributed by atoms with Gasteiger partial charge in [0.25, 0.3) is 0 Å². The van der Waals surface area contributed by atoms with Gasteiger partial charge < -0.3 is 14.5 Å². The van der Waals surface area contributed by atoms with Gasteiger partial charge in [-0.3, -0.25) is 9.69 Å². The largest absolute Gasteiger partial charge is 0.464 e. The Kier molecular flexibility index (Phi) is 6.62. The molecule has 0 unspecified atom stereocenters. The number of hydrogen-bond acceptors (Lipinski definition) is 4. The van der Waals surface area contributed by atoms with Gasteiger partial charge in [0.1, 0.15) is 11.5 Å². The molecule has 1 aliphatic heterocycles. The van der Waals surface area contributed by atoms with E-state index in [2.05, 4.69) is 15.0 Å². The van der Waals surface area contributed by atoms with Crippen molar-refractivity contribution in [3.8, 4) is 17.1 Å². The number of furan rings is 1. The van der Waals surface area contributed by atoms with Crippen molar-refractivity contribution in [3.05, 3.63) is 72.5 Å². The number of nitrogens with zero attached hydrogens (tertiary/aromatic N) is 1. The molecule has 5 nitrogen and oxygen atoms in total. The average Bonchev–Trinajstić information content (AvgIpc) is 3.30. The standard InChI is InChI=1S/C24H24F2N2O3/c25-24(26)31-22-8-2-1-5-19(22)16-28-12-10-17(11-13-28)23(29)27-20-7-3-6-18(15-20)21-9-4-14-30-21/h1-9,14-15,17,24H,10-13,16H2,(H,27,29). The lowest BCUT2D eigenvalue weighted by Crippen LogP contribution is -2.37. The minimum Gasteiger partial charge on any atom is -0.464 e. The van der Waals surface area contributed by atoms with Gasteiger partial charge in [0.2, 0.25) is 5.91 Å². The zero-order valence-corrected chi connectivity index (χ0v) is 17.0. The molecule has 2 heterocycles. The van der Waals surface area contributed by atoms with Gasteiger partial charge in [0.15, 0.2) is 0 Å². The van der Waals surface area contributed by atoms with Gasteiger partial charge >= 0.3 is 6.61 Å². The van der Waals surface area contributed by atoms with Crippen LogP contribution in [0, 0.1) is 5.92 Å². The van der Waals surface area contributed by atoms with Crippen molar-refractivity contribution in [3.63, 3.8) is 0 Å². The number of anilines is 1. The number of nitrogens with one attached hydrogen (secondary N) is 1. The number of likely N-dealkylation sites (tertiary alicyclic amines) is 1. The number of piperidine rings is 1. The van der Waals surface area contributed by atoms with Crippen LogP contribution in [0.4, 0.5) is 14.5 Å². The lowest BCUT2D eigenvalue weighted by molar-refractivity contribution is -0.121. The van der Waals surface area contributed by atoms with Crippen LogP contribution in [0.25, 0.3) is 11.3 Å². The van der Waals surface area contributed by atoms with Crippen molar-refractivity contribution < 1.29 is 22.7 Å². The fourth-order valence-electron chi connectivity index (χ4n) is 3.88. The minimum absolute atomic E-state index is 0.00215. The maximum absolute atomic E-state index is 12.7. The van der Waals surface area contributed by atoms with Gasteiger partial charge in [-0.05, 0) is 56.3 Å². The molecule has 1 saturated heterocycles. The summed E-state index contributed by atoms with van der Waals surface area (Å²) in [5, 5.41) is 3.01. The van der Waals surface area contributed by atoms with Crippen LogP contribution in [0.2, 0.25) is 0 Å². The normalized spacial score (nSPS) is 15.2. The summed E-state index contributed by atoms with van der Waals surface area (Å²) in [5.74, 6) is 0.864. The molecule has 162 valence electrons. The first-order valence-corrected chi connectivity index (χ1v) is 10.3. The van der Waals surface area contributed by atoms with Gasteiger partial charge in [-0.15, -0.1) is 0 Å². The smallest absolute Gasteiger partial charge is 0.387 e. The number of alkyl halides is 2. The van der Waals surface area contributed by atoms with Crippen molar-refractivity contribution in [1.82, 2.24) is 4.90 Å². The molecule has 2 aromatic carbocycles. The molecule has 3 aromatic rings. The van der Waals surface area contributed by atoms with Gasteiger partial charge in [-0.25, -0.2) is 0 Å². The number of carbonyl (C=O) groups excluding carboxylic acids is 1. The predicted molar refractivity (Wildman–Crippen MR) is 114 cm³/mol. The molecule has 0 saturated carbocycles. The van der Waals surface area contributed by atoms with Crippen molar-refractivity contribution in [1.29, 1.82) is 0 Å². The van der Waals surface area contributed by atoms with E-state index in [0.29, 0.717) is 32.5 Å². The molecule has 7 heteroatoms. The molecule has 1 amide bonds. The van der Waals surface area contributed by atoms with Crippen molar-refractivity contribution in [2.45, 2.75) is 26.0 Å². The molecule has 0 radical (unpaired) electrons. The fraction of sp³-hybridized carbons (Fsp3) is 0.292. The lowest BCUT2D eigenvalue weighted by Gasteiger charge is -2.31. The van der Waals surface area contributed by atoms with Crippen LogP contribution in [-0.4, -0.2) is 30.5 Å². The number of benzene rings is 2. The summed E-state index contributed by atoms with van der Waals surface area (Å²) < 4.78 is 35.3. The summed E-state index contributed by atoms with van der Waals surface area (Å²) in [6.07, 6.45) is 3.04. The summed E-state index contributed by atoms with van der Waals surface area (Å²) in [4.78, 5) is 14.9. The molecule has 0 atom stereocenters. The Morgan fingerprint density at radius 2 is 1.90 bits per heavy atom. The predicted octanol–water partition coefficient (Wildman–Crippen LogP) is 5.40. The molecule has 31 heavy (non-hydrogen) atoms. The number of hydrogen-bond donors (Lipinski definition) is 1. The number of para-hydroxylation sites is 1. The molecule has 0 spiro atoms. The van der Waals surface area contributed by atoms with E-state index in [1.807, 2.05) is 42.5 Å². The summed E-state index contributed by atoms with van der Waals surface area (Å²) in [6.45, 7) is -0.898. The molecule has 1 aromatic heterocycles. The van der Waals surface area contributed by atoms with E-state index >= 15 is 0 Å². The highest BCUT2D eigenvalue weighted by Gasteiger charge is 2.25. The van der Waals surface area contributed by atoms with E-state index in [4.69, 9.17) is 4.42 Å². The van der Waals surface area contributed by atoms with Crippen LogP contribution in [0.5, 0.6) is 5.75 Å². The van der Waals surface area contributed by atoms with Gasteiger partial charge in [-0.1, -0.05) is 30.3 Å². The Hall–Kier alpha value is -3.19. The second-order valence-electron chi connectivity index (χ2n) is 7.58. The monoisotopic (exact) mass is 426 g/mol. The molecular formula is C24H24F2N2O3. The fourth-order valence-corrected chi connectivity index (χ4v) is 3.88. The van der Waals surface area contributed by atoms with E-state index in [1.165, 1.54) is 0 Å². The second kappa shape index (κ2) is 9.75. The Balaban J connectivity index is 1.31.